The number of halogens is 1. The minimum Gasteiger partial charge on any atom is -0.358 e. The van der Waals surface area contributed by atoms with Crippen molar-refractivity contribution in [2.24, 2.45) is 10.1 Å². The first-order chi connectivity index (χ1) is 10.7. The average molecular weight is 299 g/mol. The number of guanidine groups is 1. The lowest BCUT2D eigenvalue weighted by molar-refractivity contribution is 0.524. The number of hydrogen-bond donors (Lipinski definition) is 2. The van der Waals surface area contributed by atoms with E-state index in [4.69, 9.17) is 5.10 Å². The van der Waals surface area contributed by atoms with E-state index in [0.29, 0.717) is 0 Å². The standard InChI is InChI=1S/C16H18FN5/c1-22(16-18-7-8-19-16)21-14-4-2-3-13-15(14)11-9-10(17)5-6-12(11)20-13/h5-6,9,20H,2-4,7-8H2,1H3,(H,18,19). The highest BCUT2D eigenvalue weighted by Gasteiger charge is 2.22. The molecule has 0 bridgehead atoms. The molecule has 4 rings (SSSR count). The molecule has 1 aliphatic carbocycles. The van der Waals surface area contributed by atoms with Crippen LogP contribution in [0.2, 0.25) is 0 Å². The van der Waals surface area contributed by atoms with Crippen molar-refractivity contribution < 1.29 is 4.39 Å². The van der Waals surface area contributed by atoms with Gasteiger partial charge in [-0.05, 0) is 37.5 Å². The minimum absolute atomic E-state index is 0.214. The van der Waals surface area contributed by atoms with Crippen LogP contribution < -0.4 is 5.32 Å². The number of fused-ring (bicyclic) bond motifs is 3. The first-order valence-electron chi connectivity index (χ1n) is 7.62. The van der Waals surface area contributed by atoms with Gasteiger partial charge in [-0.25, -0.2) is 14.4 Å². The number of rotatable bonds is 1. The molecule has 2 aromatic rings. The molecule has 0 radical (unpaired) electrons. The van der Waals surface area contributed by atoms with E-state index in [2.05, 4.69) is 15.3 Å². The average Bonchev–Trinajstić information content (AvgIpc) is 3.14. The molecule has 0 atom stereocenters. The van der Waals surface area contributed by atoms with Crippen molar-refractivity contribution in [3.8, 4) is 0 Å². The zero-order valence-electron chi connectivity index (χ0n) is 12.5. The lowest BCUT2D eigenvalue weighted by Crippen LogP contribution is -2.33. The number of nitrogens with zero attached hydrogens (tertiary/aromatic N) is 3. The molecule has 0 unspecified atom stereocenters. The van der Waals surface area contributed by atoms with Crippen LogP contribution in [0.3, 0.4) is 0 Å². The van der Waals surface area contributed by atoms with Crippen LogP contribution in [0.4, 0.5) is 4.39 Å². The predicted molar refractivity (Wildman–Crippen MR) is 85.8 cm³/mol. The molecule has 0 fully saturated rings. The van der Waals surface area contributed by atoms with Gasteiger partial charge in [0.25, 0.3) is 0 Å². The van der Waals surface area contributed by atoms with Gasteiger partial charge in [-0.15, -0.1) is 0 Å². The molecular formula is C16H18FN5. The zero-order chi connectivity index (χ0) is 15.1. The molecule has 5 nitrogen and oxygen atoms in total. The predicted octanol–water partition coefficient (Wildman–Crippen LogP) is 2.24. The summed E-state index contributed by atoms with van der Waals surface area (Å²) in [4.78, 5) is 7.78. The number of benzene rings is 1. The summed E-state index contributed by atoms with van der Waals surface area (Å²) in [5, 5.41) is 10.6. The molecular weight excluding hydrogens is 281 g/mol. The maximum atomic E-state index is 13.6. The van der Waals surface area contributed by atoms with Crippen molar-refractivity contribution in [2.75, 3.05) is 20.1 Å². The molecule has 1 aromatic carbocycles. The molecule has 0 spiro atoms. The number of H-pyrrole nitrogens is 1. The molecule has 22 heavy (non-hydrogen) atoms. The Hall–Kier alpha value is -2.37. The molecule has 114 valence electrons. The Bertz CT molecular complexity index is 789. The second kappa shape index (κ2) is 5.12. The monoisotopic (exact) mass is 299 g/mol. The van der Waals surface area contributed by atoms with Crippen LogP contribution in [-0.4, -0.2) is 41.8 Å². The number of aliphatic imine (C=N–C) groups is 1. The van der Waals surface area contributed by atoms with E-state index in [1.54, 1.807) is 17.1 Å². The Kier molecular flexibility index (Phi) is 3.10. The van der Waals surface area contributed by atoms with Crippen LogP contribution >= 0.6 is 0 Å². The summed E-state index contributed by atoms with van der Waals surface area (Å²) < 4.78 is 13.6. The third kappa shape index (κ3) is 2.15. The van der Waals surface area contributed by atoms with Crippen LogP contribution in [-0.2, 0) is 6.42 Å². The van der Waals surface area contributed by atoms with E-state index in [-0.39, 0.29) is 5.82 Å². The summed E-state index contributed by atoms with van der Waals surface area (Å²) in [5.41, 5.74) is 4.18. The van der Waals surface area contributed by atoms with E-state index in [1.165, 1.54) is 6.07 Å². The summed E-state index contributed by atoms with van der Waals surface area (Å²) in [7, 11) is 1.90. The molecule has 1 aliphatic heterocycles. The van der Waals surface area contributed by atoms with Gasteiger partial charge in [0.15, 0.2) is 0 Å². The molecule has 0 saturated carbocycles. The van der Waals surface area contributed by atoms with Crippen molar-refractivity contribution in [3.63, 3.8) is 0 Å². The van der Waals surface area contributed by atoms with Crippen molar-refractivity contribution >= 4 is 22.6 Å². The Labute approximate surface area is 127 Å². The first-order valence-corrected chi connectivity index (χ1v) is 7.62. The van der Waals surface area contributed by atoms with Crippen LogP contribution in [0.25, 0.3) is 10.9 Å². The number of aromatic amines is 1. The van der Waals surface area contributed by atoms with Crippen molar-refractivity contribution in [1.82, 2.24) is 15.3 Å². The van der Waals surface area contributed by atoms with Gasteiger partial charge < -0.3 is 10.3 Å². The molecule has 0 amide bonds. The largest absolute Gasteiger partial charge is 0.358 e. The van der Waals surface area contributed by atoms with E-state index in [9.17, 15) is 4.39 Å². The fraction of sp³-hybridized carbons (Fsp3) is 0.375. The molecule has 2 heterocycles. The number of nitrogens with one attached hydrogen (secondary N) is 2. The normalized spacial score (nSPS) is 19.2. The smallest absolute Gasteiger partial charge is 0.214 e. The maximum Gasteiger partial charge on any atom is 0.214 e. The quantitative estimate of drug-likeness (QED) is 0.794. The van der Waals surface area contributed by atoms with Gasteiger partial charge in [0.05, 0.1) is 12.3 Å². The third-order valence-electron chi connectivity index (χ3n) is 4.20. The second-order valence-electron chi connectivity index (χ2n) is 5.72. The molecule has 1 aromatic heterocycles. The van der Waals surface area contributed by atoms with Gasteiger partial charge in [-0.1, -0.05) is 0 Å². The van der Waals surface area contributed by atoms with Crippen LogP contribution in [0.5, 0.6) is 0 Å². The zero-order valence-corrected chi connectivity index (χ0v) is 12.5. The number of aryl methyl sites for hydroxylation is 1. The Morgan fingerprint density at radius 1 is 1.32 bits per heavy atom. The van der Waals surface area contributed by atoms with Crippen LogP contribution in [0.15, 0.2) is 28.3 Å². The SMILES string of the molecule is CN(N=C1CCCc2[nH]c3ccc(F)cc3c21)C1=NCCN1. The van der Waals surface area contributed by atoms with E-state index in [1.807, 2.05) is 7.05 Å². The summed E-state index contributed by atoms with van der Waals surface area (Å²) in [6, 6.07) is 4.88. The van der Waals surface area contributed by atoms with Gasteiger partial charge in [-0.3, -0.25) is 0 Å². The fourth-order valence-electron chi connectivity index (χ4n) is 3.23. The summed E-state index contributed by atoms with van der Waals surface area (Å²) in [6.07, 6.45) is 2.93. The van der Waals surface area contributed by atoms with Crippen molar-refractivity contribution in [3.05, 3.63) is 35.3 Å². The second-order valence-corrected chi connectivity index (χ2v) is 5.72. The highest BCUT2D eigenvalue weighted by Crippen LogP contribution is 2.30. The molecule has 2 aliphatic rings. The minimum atomic E-state index is -0.214. The van der Waals surface area contributed by atoms with Gasteiger partial charge in [0.2, 0.25) is 5.96 Å². The topological polar surface area (TPSA) is 55.8 Å². The third-order valence-corrected chi connectivity index (χ3v) is 4.20. The van der Waals surface area contributed by atoms with E-state index < -0.39 is 0 Å². The van der Waals surface area contributed by atoms with E-state index in [0.717, 1.165) is 66.2 Å². The highest BCUT2D eigenvalue weighted by molar-refractivity contribution is 6.12. The van der Waals surface area contributed by atoms with Gasteiger partial charge in [0.1, 0.15) is 5.82 Å². The summed E-state index contributed by atoms with van der Waals surface area (Å²) in [5.74, 6) is 0.583. The number of aromatic nitrogens is 1. The number of hydrogen-bond acceptors (Lipinski definition) is 4. The van der Waals surface area contributed by atoms with Crippen molar-refractivity contribution in [2.45, 2.75) is 19.3 Å². The lowest BCUT2D eigenvalue weighted by atomic mass is 9.93. The fourth-order valence-corrected chi connectivity index (χ4v) is 3.23. The Morgan fingerprint density at radius 2 is 2.23 bits per heavy atom. The van der Waals surface area contributed by atoms with Crippen molar-refractivity contribution in [1.29, 1.82) is 0 Å². The molecule has 0 saturated heterocycles. The van der Waals surface area contributed by atoms with Crippen LogP contribution in [0, 0.1) is 5.82 Å². The Morgan fingerprint density at radius 3 is 3.05 bits per heavy atom. The lowest BCUT2D eigenvalue weighted by Gasteiger charge is -2.19. The van der Waals surface area contributed by atoms with Gasteiger partial charge in [-0.2, -0.15) is 5.10 Å². The van der Waals surface area contributed by atoms with Gasteiger partial charge in [0, 0.05) is 35.8 Å². The number of hydrazone groups is 1. The summed E-state index contributed by atoms with van der Waals surface area (Å²) in [6.45, 7) is 1.64. The summed E-state index contributed by atoms with van der Waals surface area (Å²) >= 11 is 0. The molecule has 6 heteroatoms. The maximum absolute atomic E-state index is 13.6. The first kappa shape index (κ1) is 13.3. The highest BCUT2D eigenvalue weighted by atomic mass is 19.1. The van der Waals surface area contributed by atoms with Gasteiger partial charge >= 0.3 is 0 Å². The van der Waals surface area contributed by atoms with E-state index >= 15 is 0 Å². The van der Waals surface area contributed by atoms with Crippen LogP contribution in [0.1, 0.15) is 24.1 Å². The molecule has 2 N–H and O–H groups in total. The Balaban J connectivity index is 1.80.